The van der Waals surface area contributed by atoms with Crippen LogP contribution in [0.15, 0.2) is 42.5 Å². The second-order valence-corrected chi connectivity index (χ2v) is 6.62. The van der Waals surface area contributed by atoms with Gasteiger partial charge in [-0.05, 0) is 25.1 Å². The van der Waals surface area contributed by atoms with E-state index >= 15 is 0 Å². The summed E-state index contributed by atoms with van der Waals surface area (Å²) in [4.78, 5) is 11.1. The topological polar surface area (TPSA) is 59.5 Å². The summed E-state index contributed by atoms with van der Waals surface area (Å²) in [5, 5.41) is 3.00. The summed E-state index contributed by atoms with van der Waals surface area (Å²) < 4.78 is 25.3. The molecule has 28 heavy (non-hydrogen) atoms. The van der Waals surface area contributed by atoms with Crippen molar-refractivity contribution in [2.45, 2.75) is 20.0 Å². The van der Waals surface area contributed by atoms with Gasteiger partial charge in [-0.15, -0.1) is 0 Å². The number of hydrogen-bond donors (Lipinski definition) is 1. The van der Waals surface area contributed by atoms with Gasteiger partial charge >= 0.3 is 0 Å². The molecule has 0 aliphatic carbocycles. The van der Waals surface area contributed by atoms with Gasteiger partial charge in [0.1, 0.15) is 28.9 Å². The predicted molar refractivity (Wildman–Crippen MR) is 106 cm³/mol. The number of nitrogens with zero attached hydrogens (tertiary/aromatic N) is 3. The van der Waals surface area contributed by atoms with Crippen LogP contribution in [0, 0.1) is 12.7 Å². The molecule has 1 N–H and O–H groups in total. The largest absolute Gasteiger partial charge is 0.497 e. The van der Waals surface area contributed by atoms with E-state index in [4.69, 9.17) is 9.47 Å². The number of aryl methyl sites for hydroxylation is 1. The Kier molecular flexibility index (Phi) is 4.73. The lowest BCUT2D eigenvalue weighted by atomic mass is 10.1. The van der Waals surface area contributed by atoms with Crippen LogP contribution in [0.25, 0.3) is 0 Å². The van der Waals surface area contributed by atoms with Crippen molar-refractivity contribution in [1.29, 1.82) is 0 Å². The van der Waals surface area contributed by atoms with Crippen molar-refractivity contribution in [1.82, 2.24) is 9.97 Å². The first-order valence-electron chi connectivity index (χ1n) is 8.97. The average molecular weight is 380 g/mol. The summed E-state index contributed by atoms with van der Waals surface area (Å²) in [6.07, 6.45) is 0. The number of benzene rings is 2. The third kappa shape index (κ3) is 3.55. The third-order valence-corrected chi connectivity index (χ3v) is 4.63. The molecule has 1 aliphatic heterocycles. The maximum atomic E-state index is 13.9. The van der Waals surface area contributed by atoms with Gasteiger partial charge in [0.15, 0.2) is 0 Å². The molecule has 0 bridgehead atoms. The van der Waals surface area contributed by atoms with Gasteiger partial charge in [0.05, 0.1) is 7.11 Å². The Labute approximate surface area is 163 Å². The van der Waals surface area contributed by atoms with Crippen LogP contribution in [0.2, 0.25) is 0 Å². The van der Waals surface area contributed by atoms with E-state index < -0.39 is 0 Å². The van der Waals surface area contributed by atoms with Crippen LogP contribution >= 0.6 is 0 Å². The zero-order chi connectivity index (χ0) is 19.7. The fourth-order valence-electron chi connectivity index (χ4n) is 3.21. The molecule has 4 rings (SSSR count). The van der Waals surface area contributed by atoms with Gasteiger partial charge in [-0.25, -0.2) is 9.37 Å². The van der Waals surface area contributed by atoms with Gasteiger partial charge < -0.3 is 19.7 Å². The molecular weight excluding hydrogens is 359 g/mol. The molecule has 1 aromatic heterocycles. The predicted octanol–water partition coefficient (Wildman–Crippen LogP) is 4.29. The maximum Gasteiger partial charge on any atom is 0.224 e. The van der Waals surface area contributed by atoms with Crippen LogP contribution in [0.3, 0.4) is 0 Å². The van der Waals surface area contributed by atoms with Crippen LogP contribution in [0.1, 0.15) is 16.8 Å². The van der Waals surface area contributed by atoms with E-state index in [-0.39, 0.29) is 5.82 Å². The Hall–Kier alpha value is -3.35. The minimum absolute atomic E-state index is 0.342. The number of halogens is 1. The Bertz CT molecular complexity index is 1030. The lowest BCUT2D eigenvalue weighted by Gasteiger charge is -2.29. The first kappa shape index (κ1) is 18.0. The van der Waals surface area contributed by atoms with Gasteiger partial charge in [0.25, 0.3) is 0 Å². The second kappa shape index (κ2) is 7.34. The van der Waals surface area contributed by atoms with Crippen LogP contribution < -0.4 is 19.7 Å². The monoisotopic (exact) mass is 380 g/mol. The first-order valence-corrected chi connectivity index (χ1v) is 8.97. The molecule has 7 heteroatoms. The van der Waals surface area contributed by atoms with E-state index in [0.717, 1.165) is 22.6 Å². The van der Waals surface area contributed by atoms with E-state index in [1.54, 1.807) is 20.2 Å². The van der Waals surface area contributed by atoms with Crippen molar-refractivity contribution in [3.05, 3.63) is 65.1 Å². The summed E-state index contributed by atoms with van der Waals surface area (Å²) in [5.41, 5.74) is 2.69. The van der Waals surface area contributed by atoms with Crippen LogP contribution in [-0.4, -0.2) is 24.1 Å². The molecule has 0 spiro atoms. The van der Waals surface area contributed by atoms with Crippen molar-refractivity contribution < 1.29 is 13.9 Å². The number of hydrogen-bond acceptors (Lipinski definition) is 6. The number of anilines is 2. The summed E-state index contributed by atoms with van der Waals surface area (Å²) >= 11 is 0. The molecule has 1 aliphatic rings. The number of rotatable bonds is 3. The van der Waals surface area contributed by atoms with Gasteiger partial charge in [0.2, 0.25) is 5.95 Å². The van der Waals surface area contributed by atoms with E-state index in [9.17, 15) is 4.39 Å². The number of fused-ring (bicyclic) bond motifs is 2. The van der Waals surface area contributed by atoms with Crippen molar-refractivity contribution in [3.63, 3.8) is 0 Å². The first-order chi connectivity index (χ1) is 13.6. The average Bonchev–Trinajstić information content (AvgIpc) is 2.68. The molecule has 0 radical (unpaired) electrons. The number of nitrogens with one attached hydrogen (secondary N) is 1. The Morgan fingerprint density at radius 3 is 2.46 bits per heavy atom. The zero-order valence-corrected chi connectivity index (χ0v) is 16.0. The molecule has 0 fully saturated rings. The molecule has 0 amide bonds. The van der Waals surface area contributed by atoms with Gasteiger partial charge in [-0.2, -0.15) is 4.98 Å². The molecule has 0 saturated heterocycles. The van der Waals surface area contributed by atoms with Crippen LogP contribution in [0.5, 0.6) is 17.2 Å². The van der Waals surface area contributed by atoms with Crippen molar-refractivity contribution in [3.8, 4) is 17.2 Å². The normalized spacial score (nSPS) is 12.9. The molecule has 0 unspecified atom stereocenters. The minimum Gasteiger partial charge on any atom is -0.497 e. The maximum absolute atomic E-state index is 13.9. The zero-order valence-electron chi connectivity index (χ0n) is 16.0. The Morgan fingerprint density at radius 2 is 1.75 bits per heavy atom. The standard InChI is InChI=1S/C21H21FN4O2/c1-13-8-20(25-21(23-2)24-13)26-11-14-4-6-16(22)9-18(14)28-19-10-17(27-3)7-5-15(19)12-26/h4-10H,11-12H2,1-3H3,(H,23,24,25). The summed E-state index contributed by atoms with van der Waals surface area (Å²) in [6.45, 7) is 3.04. The fraction of sp³-hybridized carbons (Fsp3) is 0.238. The summed E-state index contributed by atoms with van der Waals surface area (Å²) in [7, 11) is 3.40. The smallest absolute Gasteiger partial charge is 0.224 e. The van der Waals surface area contributed by atoms with Gasteiger partial charge in [0, 0.05) is 55.2 Å². The lowest BCUT2D eigenvalue weighted by Crippen LogP contribution is -2.25. The van der Waals surface area contributed by atoms with Crippen LogP contribution in [-0.2, 0) is 13.1 Å². The quantitative estimate of drug-likeness (QED) is 0.732. The highest BCUT2D eigenvalue weighted by molar-refractivity contribution is 5.53. The lowest BCUT2D eigenvalue weighted by molar-refractivity contribution is 0.406. The summed E-state index contributed by atoms with van der Waals surface area (Å²) in [6, 6.07) is 12.2. The number of aromatic nitrogens is 2. The van der Waals surface area contributed by atoms with Crippen molar-refractivity contribution in [2.75, 3.05) is 24.4 Å². The van der Waals surface area contributed by atoms with Gasteiger partial charge in [-0.1, -0.05) is 6.07 Å². The van der Waals surface area contributed by atoms with Gasteiger partial charge in [-0.3, -0.25) is 0 Å². The van der Waals surface area contributed by atoms with E-state index in [0.29, 0.717) is 36.3 Å². The molecule has 144 valence electrons. The fourth-order valence-corrected chi connectivity index (χ4v) is 3.21. The molecule has 2 aromatic carbocycles. The molecule has 6 nitrogen and oxygen atoms in total. The number of methoxy groups -OCH3 is 1. The SMILES string of the molecule is CNc1nc(C)cc(N2Cc3ccc(F)cc3Oc3cc(OC)ccc3C2)n1. The van der Waals surface area contributed by atoms with Crippen molar-refractivity contribution >= 4 is 11.8 Å². The molecule has 2 heterocycles. The molecule has 0 saturated carbocycles. The second-order valence-electron chi connectivity index (χ2n) is 6.62. The van der Waals surface area contributed by atoms with E-state index in [1.165, 1.54) is 12.1 Å². The molecular formula is C21H21FN4O2. The van der Waals surface area contributed by atoms with Crippen molar-refractivity contribution in [2.24, 2.45) is 0 Å². The highest BCUT2D eigenvalue weighted by Crippen LogP contribution is 2.36. The Balaban J connectivity index is 1.84. The number of ether oxygens (including phenoxy) is 2. The van der Waals surface area contributed by atoms with E-state index in [1.807, 2.05) is 31.2 Å². The van der Waals surface area contributed by atoms with E-state index in [2.05, 4.69) is 20.2 Å². The highest BCUT2D eigenvalue weighted by atomic mass is 19.1. The third-order valence-electron chi connectivity index (χ3n) is 4.63. The highest BCUT2D eigenvalue weighted by Gasteiger charge is 2.21. The summed E-state index contributed by atoms with van der Waals surface area (Å²) in [5.74, 6) is 2.80. The molecule has 0 atom stereocenters. The Morgan fingerprint density at radius 1 is 1.04 bits per heavy atom. The minimum atomic E-state index is -0.342. The van der Waals surface area contributed by atoms with Crippen LogP contribution in [0.4, 0.5) is 16.2 Å². The molecule has 3 aromatic rings.